The summed E-state index contributed by atoms with van der Waals surface area (Å²) in [4.78, 5) is 5.23. The zero-order chi connectivity index (χ0) is 25.3. The molecule has 36 heavy (non-hydrogen) atoms. The highest BCUT2D eigenvalue weighted by molar-refractivity contribution is 7.87. The van der Waals surface area contributed by atoms with Gasteiger partial charge >= 0.3 is 6.18 Å². The molecule has 0 unspecified atom stereocenters. The Balaban J connectivity index is 1.30. The number of rotatable bonds is 3. The Morgan fingerprint density at radius 1 is 1.08 bits per heavy atom. The van der Waals surface area contributed by atoms with E-state index in [0.717, 1.165) is 39.4 Å². The Hall–Kier alpha value is -2.34. The molecule has 6 rings (SSSR count). The Morgan fingerprint density at radius 2 is 1.81 bits per heavy atom. The highest BCUT2D eigenvalue weighted by Gasteiger charge is 2.60. The van der Waals surface area contributed by atoms with Crippen LogP contribution in [0.5, 0.6) is 0 Å². The van der Waals surface area contributed by atoms with Gasteiger partial charge in [-0.05, 0) is 60.8 Å². The van der Waals surface area contributed by atoms with Gasteiger partial charge < -0.3 is 0 Å². The van der Waals surface area contributed by atoms with Gasteiger partial charge in [-0.25, -0.2) is 9.37 Å². The van der Waals surface area contributed by atoms with Crippen LogP contribution in [-0.2, 0) is 23.1 Å². The van der Waals surface area contributed by atoms with E-state index in [1.807, 2.05) is 18.2 Å². The second-order valence-corrected chi connectivity index (χ2v) is 12.6. The Bertz CT molecular complexity index is 1440. The van der Waals surface area contributed by atoms with Crippen molar-refractivity contribution in [3.05, 3.63) is 65.6 Å². The van der Waals surface area contributed by atoms with Crippen molar-refractivity contribution in [2.75, 3.05) is 13.1 Å². The van der Waals surface area contributed by atoms with Gasteiger partial charge in [0, 0.05) is 23.9 Å². The summed E-state index contributed by atoms with van der Waals surface area (Å²) >= 11 is 1.39. The maximum atomic E-state index is 14.2. The largest absolute Gasteiger partial charge is 0.402 e. The summed E-state index contributed by atoms with van der Waals surface area (Å²) in [6.45, 7) is -1.64. The van der Waals surface area contributed by atoms with Crippen LogP contribution in [0.25, 0.3) is 21.0 Å². The molecule has 1 spiro atoms. The molecule has 3 aromatic rings. The molecule has 2 fully saturated rings. The van der Waals surface area contributed by atoms with Crippen molar-refractivity contribution < 1.29 is 26.0 Å². The van der Waals surface area contributed by atoms with Crippen LogP contribution < -0.4 is 4.72 Å². The van der Waals surface area contributed by atoms with Crippen molar-refractivity contribution >= 4 is 21.5 Å². The summed E-state index contributed by atoms with van der Waals surface area (Å²) in [5.41, 5.74) is 2.63. The van der Waals surface area contributed by atoms with Gasteiger partial charge in [0.25, 0.3) is 10.2 Å². The number of alkyl halides is 3. The third-order valence-electron chi connectivity index (χ3n) is 7.80. The van der Waals surface area contributed by atoms with E-state index in [1.165, 1.54) is 17.4 Å². The number of aromatic nitrogens is 1. The zero-order valence-corrected chi connectivity index (χ0v) is 20.7. The Morgan fingerprint density at radius 3 is 2.53 bits per heavy atom. The monoisotopic (exact) mass is 537 g/mol. The SMILES string of the molecule is O=S1(=O)N[C@@]2(CN1CC(F)(F)F)[C@@H]1CC[C@H]2Cc2ccc(-c3ncc(-c4ccccc4F)s3)cc2C1. The number of benzene rings is 2. The van der Waals surface area contributed by atoms with Crippen molar-refractivity contribution in [3.63, 3.8) is 0 Å². The predicted octanol–water partition coefficient (Wildman–Crippen LogP) is 5.19. The minimum atomic E-state index is -4.60. The van der Waals surface area contributed by atoms with Crippen LogP contribution >= 0.6 is 11.3 Å². The molecule has 2 aromatic carbocycles. The smallest absolute Gasteiger partial charge is 0.244 e. The topological polar surface area (TPSA) is 62.3 Å². The maximum absolute atomic E-state index is 14.2. The lowest BCUT2D eigenvalue weighted by molar-refractivity contribution is -0.136. The molecular formula is C25H23F4N3O2S2. The molecule has 1 saturated heterocycles. The van der Waals surface area contributed by atoms with Crippen LogP contribution in [-0.4, -0.2) is 42.5 Å². The van der Waals surface area contributed by atoms with E-state index in [0.29, 0.717) is 22.7 Å². The van der Waals surface area contributed by atoms with E-state index in [1.54, 1.807) is 24.4 Å². The number of nitrogens with zero attached hydrogens (tertiary/aromatic N) is 2. The van der Waals surface area contributed by atoms with Crippen molar-refractivity contribution in [2.45, 2.75) is 37.4 Å². The van der Waals surface area contributed by atoms with E-state index in [-0.39, 0.29) is 24.2 Å². The lowest BCUT2D eigenvalue weighted by Crippen LogP contribution is -2.52. The second-order valence-electron chi connectivity index (χ2n) is 9.90. The van der Waals surface area contributed by atoms with Crippen LogP contribution in [0.3, 0.4) is 0 Å². The first kappa shape index (κ1) is 24.0. The van der Waals surface area contributed by atoms with Crippen molar-refractivity contribution in [1.82, 2.24) is 14.0 Å². The van der Waals surface area contributed by atoms with Gasteiger partial charge in [0.2, 0.25) is 0 Å². The fourth-order valence-electron chi connectivity index (χ4n) is 6.17. The van der Waals surface area contributed by atoms with Gasteiger partial charge in [0.05, 0.1) is 10.4 Å². The Kier molecular flexibility index (Phi) is 5.56. The lowest BCUT2D eigenvalue weighted by Gasteiger charge is -2.33. The fraction of sp³-hybridized carbons (Fsp3) is 0.400. The first-order valence-electron chi connectivity index (χ1n) is 11.7. The van der Waals surface area contributed by atoms with E-state index in [2.05, 4.69) is 9.71 Å². The van der Waals surface area contributed by atoms with E-state index in [9.17, 15) is 26.0 Å². The maximum Gasteiger partial charge on any atom is 0.402 e. The molecule has 1 saturated carbocycles. The van der Waals surface area contributed by atoms with Gasteiger partial charge in [0.15, 0.2) is 0 Å². The summed E-state index contributed by atoms with van der Waals surface area (Å²) in [6, 6.07) is 12.6. The molecule has 2 heterocycles. The summed E-state index contributed by atoms with van der Waals surface area (Å²) in [5.74, 6) is -0.484. The molecule has 5 nitrogen and oxygen atoms in total. The number of fused-ring (bicyclic) bond motifs is 1. The average molecular weight is 538 g/mol. The van der Waals surface area contributed by atoms with Crippen molar-refractivity contribution in [3.8, 4) is 21.0 Å². The minimum Gasteiger partial charge on any atom is -0.244 e. The minimum absolute atomic E-state index is 0.0740. The number of hydrogen-bond acceptors (Lipinski definition) is 4. The number of nitrogens with one attached hydrogen (secondary N) is 1. The van der Waals surface area contributed by atoms with Gasteiger partial charge in [-0.15, -0.1) is 11.3 Å². The van der Waals surface area contributed by atoms with Crippen molar-refractivity contribution in [1.29, 1.82) is 0 Å². The summed E-state index contributed by atoms with van der Waals surface area (Å²) < 4.78 is 82.1. The summed E-state index contributed by atoms with van der Waals surface area (Å²) in [7, 11) is -4.21. The second kappa shape index (κ2) is 8.34. The Labute approximate surface area is 210 Å². The first-order valence-corrected chi connectivity index (χ1v) is 14.0. The number of halogens is 4. The third kappa shape index (κ3) is 4.06. The first-order chi connectivity index (χ1) is 17.0. The molecule has 11 heteroatoms. The molecule has 0 radical (unpaired) electrons. The zero-order valence-electron chi connectivity index (χ0n) is 19.1. The molecule has 2 aliphatic carbocycles. The predicted molar refractivity (Wildman–Crippen MR) is 129 cm³/mol. The molecule has 190 valence electrons. The summed E-state index contributed by atoms with van der Waals surface area (Å²) in [5, 5.41) is 0.748. The van der Waals surface area contributed by atoms with Gasteiger partial charge in [-0.2, -0.15) is 30.6 Å². The lowest BCUT2D eigenvalue weighted by atomic mass is 9.79. The number of hydrogen-bond donors (Lipinski definition) is 1. The molecule has 2 bridgehead atoms. The van der Waals surface area contributed by atoms with Crippen LogP contribution in [0.2, 0.25) is 0 Å². The van der Waals surface area contributed by atoms with E-state index in [4.69, 9.17) is 0 Å². The van der Waals surface area contributed by atoms with Crippen LogP contribution in [0.15, 0.2) is 48.7 Å². The van der Waals surface area contributed by atoms with Gasteiger partial charge in [0.1, 0.15) is 17.4 Å². The average Bonchev–Trinajstić information content (AvgIpc) is 3.43. The quantitative estimate of drug-likeness (QED) is 0.468. The standard InChI is InChI=1S/C25H23F4N3O2S2/c26-21-4-2-1-3-20(21)22-12-30-23(35-22)16-6-5-15-10-18-7-8-19(11-17(15)9-16)24(18)13-32(14-25(27,28)29)36(33,34)31-24/h1-6,9,12,18-19,31H,7-8,10-11,13-14H2/t18-,19+,24+/m0/s1. The normalized spacial score (nSPS) is 27.3. The molecule has 1 aromatic heterocycles. The molecule has 1 aliphatic heterocycles. The van der Waals surface area contributed by atoms with Crippen LogP contribution in [0.4, 0.5) is 17.6 Å². The van der Waals surface area contributed by atoms with Gasteiger partial charge in [-0.3, -0.25) is 0 Å². The van der Waals surface area contributed by atoms with Crippen LogP contribution in [0, 0.1) is 17.7 Å². The highest BCUT2D eigenvalue weighted by Crippen LogP contribution is 2.51. The molecular weight excluding hydrogens is 514 g/mol. The van der Waals surface area contributed by atoms with Crippen LogP contribution in [0.1, 0.15) is 24.0 Å². The molecule has 0 amide bonds. The third-order valence-corrected chi connectivity index (χ3v) is 10.5. The molecule has 3 atom stereocenters. The molecule has 3 aliphatic rings. The fourth-order valence-corrected chi connectivity index (χ4v) is 8.82. The van der Waals surface area contributed by atoms with Crippen molar-refractivity contribution in [2.24, 2.45) is 11.8 Å². The summed E-state index contributed by atoms with van der Waals surface area (Å²) in [6.07, 6.45) is -0.237. The van der Waals surface area contributed by atoms with E-state index < -0.39 is 28.5 Å². The number of thiazole rings is 1. The highest BCUT2D eigenvalue weighted by atomic mass is 32.2. The molecule has 1 N–H and O–H groups in total. The van der Waals surface area contributed by atoms with Gasteiger partial charge in [-0.1, -0.05) is 30.3 Å². The van der Waals surface area contributed by atoms with E-state index >= 15 is 0 Å².